The maximum atomic E-state index is 12.4. The number of benzene rings is 2. The van der Waals surface area contributed by atoms with E-state index in [-0.39, 0.29) is 12.6 Å². The van der Waals surface area contributed by atoms with Crippen LogP contribution >= 0.6 is 11.8 Å². The summed E-state index contributed by atoms with van der Waals surface area (Å²) in [6.07, 6.45) is 0.989. The van der Waals surface area contributed by atoms with E-state index in [1.54, 1.807) is 6.92 Å². The highest BCUT2D eigenvalue weighted by atomic mass is 32.2. The van der Waals surface area contributed by atoms with Gasteiger partial charge in [0.2, 0.25) is 0 Å². The third-order valence-electron chi connectivity index (χ3n) is 4.79. The van der Waals surface area contributed by atoms with Crippen LogP contribution in [0.25, 0.3) is 0 Å². The first-order valence-corrected chi connectivity index (χ1v) is 11.3. The normalized spacial score (nSPS) is 11.4. The first-order valence-electron chi connectivity index (χ1n) is 10.5. The predicted octanol–water partition coefficient (Wildman–Crippen LogP) is 4.90. The zero-order chi connectivity index (χ0) is 22.3. The number of aryl methyl sites for hydroxylation is 1. The zero-order valence-electron chi connectivity index (χ0n) is 18.5. The molecule has 0 radical (unpaired) electrons. The number of rotatable bonds is 10. The molecular formula is C24H29N3O3S. The molecule has 3 aromatic rings. The average molecular weight is 440 g/mol. The molecule has 7 heteroatoms. The van der Waals surface area contributed by atoms with Gasteiger partial charge in [0, 0.05) is 0 Å². The molecule has 0 unspecified atom stereocenters. The fourth-order valence-corrected chi connectivity index (χ4v) is 3.93. The Balaban J connectivity index is 1.83. The number of thioether (sulfide) groups is 1. The van der Waals surface area contributed by atoms with Crippen molar-refractivity contribution in [3.8, 4) is 5.75 Å². The molecule has 164 valence electrons. The van der Waals surface area contributed by atoms with E-state index in [9.17, 15) is 4.79 Å². The fourth-order valence-electron chi connectivity index (χ4n) is 2.97. The quantitative estimate of drug-likeness (QED) is 0.331. The van der Waals surface area contributed by atoms with Crippen LogP contribution in [0.3, 0.4) is 0 Å². The molecule has 2 aromatic carbocycles. The van der Waals surface area contributed by atoms with Gasteiger partial charge in [0.25, 0.3) is 0 Å². The molecule has 0 aliphatic rings. The molecule has 3 rings (SSSR count). The van der Waals surface area contributed by atoms with E-state index < -0.39 is 4.75 Å². The van der Waals surface area contributed by atoms with Gasteiger partial charge in [-0.05, 0) is 50.5 Å². The summed E-state index contributed by atoms with van der Waals surface area (Å²) < 4.78 is 12.4. The van der Waals surface area contributed by atoms with Gasteiger partial charge in [-0.25, -0.2) is 0 Å². The van der Waals surface area contributed by atoms with E-state index in [1.165, 1.54) is 17.3 Å². The van der Waals surface area contributed by atoms with Gasteiger partial charge in [0.1, 0.15) is 17.1 Å². The summed E-state index contributed by atoms with van der Waals surface area (Å²) in [5.74, 6) is 1.21. The Morgan fingerprint density at radius 3 is 2.35 bits per heavy atom. The lowest BCUT2D eigenvalue weighted by atomic mass is 10.2. The molecule has 0 saturated carbocycles. The fraction of sp³-hybridized carbons (Fsp3) is 0.375. The van der Waals surface area contributed by atoms with E-state index in [1.807, 2.05) is 48.7 Å². The summed E-state index contributed by atoms with van der Waals surface area (Å²) in [6, 6.07) is 18.2. The summed E-state index contributed by atoms with van der Waals surface area (Å²) in [5, 5.41) is 9.39. The lowest BCUT2D eigenvalue weighted by Crippen LogP contribution is -2.30. The SMILES string of the molecule is CCOC(=O)C(C)(C)Sc1nnc(COc2ccc(CC)cc2)n1Cc1ccccc1. The van der Waals surface area contributed by atoms with Crippen molar-refractivity contribution < 1.29 is 14.3 Å². The number of carbonyl (C=O) groups is 1. The lowest BCUT2D eigenvalue weighted by Gasteiger charge is -2.21. The monoisotopic (exact) mass is 439 g/mol. The first kappa shape index (κ1) is 22.9. The minimum atomic E-state index is -0.786. The van der Waals surface area contributed by atoms with Crippen LogP contribution in [-0.2, 0) is 29.1 Å². The lowest BCUT2D eigenvalue weighted by molar-refractivity contribution is -0.145. The second-order valence-electron chi connectivity index (χ2n) is 7.59. The number of carbonyl (C=O) groups excluding carboxylic acids is 1. The highest BCUT2D eigenvalue weighted by Crippen LogP contribution is 2.33. The molecular weight excluding hydrogens is 410 g/mol. The molecule has 0 aliphatic carbocycles. The van der Waals surface area contributed by atoms with Crippen LogP contribution in [0.4, 0.5) is 0 Å². The Morgan fingerprint density at radius 1 is 1.00 bits per heavy atom. The molecule has 31 heavy (non-hydrogen) atoms. The van der Waals surface area contributed by atoms with Gasteiger partial charge in [-0.15, -0.1) is 10.2 Å². The Bertz CT molecular complexity index is 985. The van der Waals surface area contributed by atoms with E-state index in [4.69, 9.17) is 9.47 Å². The Morgan fingerprint density at radius 2 is 1.71 bits per heavy atom. The van der Waals surface area contributed by atoms with Crippen LogP contribution in [0.15, 0.2) is 59.8 Å². The highest BCUT2D eigenvalue weighted by Gasteiger charge is 2.33. The molecule has 0 atom stereocenters. The molecule has 1 heterocycles. The second-order valence-corrected chi connectivity index (χ2v) is 9.18. The van der Waals surface area contributed by atoms with Crippen LogP contribution in [0, 0.1) is 0 Å². The Labute approximate surface area is 188 Å². The highest BCUT2D eigenvalue weighted by molar-refractivity contribution is 8.01. The van der Waals surface area contributed by atoms with Crippen molar-refractivity contribution in [3.63, 3.8) is 0 Å². The van der Waals surface area contributed by atoms with Gasteiger partial charge >= 0.3 is 5.97 Å². The van der Waals surface area contributed by atoms with Crippen molar-refractivity contribution in [2.75, 3.05) is 6.61 Å². The third kappa shape index (κ3) is 6.10. The maximum absolute atomic E-state index is 12.4. The third-order valence-corrected chi connectivity index (χ3v) is 5.95. The summed E-state index contributed by atoms with van der Waals surface area (Å²) in [4.78, 5) is 12.4. The van der Waals surface area contributed by atoms with Crippen molar-refractivity contribution >= 4 is 17.7 Å². The Kier molecular flexibility index (Phi) is 7.74. The minimum absolute atomic E-state index is 0.275. The number of nitrogens with zero attached hydrogens (tertiary/aromatic N) is 3. The topological polar surface area (TPSA) is 66.2 Å². The number of ether oxygens (including phenoxy) is 2. The van der Waals surface area contributed by atoms with Crippen LogP contribution < -0.4 is 4.74 Å². The molecule has 0 fully saturated rings. The number of esters is 1. The molecule has 6 nitrogen and oxygen atoms in total. The van der Waals surface area contributed by atoms with Gasteiger partial charge in [-0.2, -0.15) is 0 Å². The predicted molar refractivity (Wildman–Crippen MR) is 122 cm³/mol. The minimum Gasteiger partial charge on any atom is -0.486 e. The maximum Gasteiger partial charge on any atom is 0.322 e. The zero-order valence-corrected chi connectivity index (χ0v) is 19.3. The van der Waals surface area contributed by atoms with Crippen LogP contribution in [0.2, 0.25) is 0 Å². The van der Waals surface area contributed by atoms with Gasteiger partial charge in [0.15, 0.2) is 11.0 Å². The van der Waals surface area contributed by atoms with Gasteiger partial charge in [-0.1, -0.05) is 61.2 Å². The van der Waals surface area contributed by atoms with Crippen LogP contribution in [0.1, 0.15) is 44.6 Å². The smallest absolute Gasteiger partial charge is 0.322 e. The van der Waals surface area contributed by atoms with E-state index in [0.717, 1.165) is 17.7 Å². The second kappa shape index (κ2) is 10.5. The van der Waals surface area contributed by atoms with E-state index >= 15 is 0 Å². The van der Waals surface area contributed by atoms with Crippen molar-refractivity contribution in [1.29, 1.82) is 0 Å². The number of hydrogen-bond acceptors (Lipinski definition) is 6. The van der Waals surface area contributed by atoms with Gasteiger partial charge < -0.3 is 9.47 Å². The standard InChI is InChI=1S/C24H29N3O3S/c1-5-18-12-14-20(15-13-18)30-17-21-25-26-23(31-24(3,4)22(28)29-6-2)27(21)16-19-10-8-7-9-11-19/h7-15H,5-6,16-17H2,1-4H3. The van der Waals surface area contributed by atoms with Gasteiger partial charge in [-0.3, -0.25) is 9.36 Å². The molecule has 1 aromatic heterocycles. The van der Waals surface area contributed by atoms with Crippen molar-refractivity contribution in [1.82, 2.24) is 14.8 Å². The van der Waals surface area contributed by atoms with Gasteiger partial charge in [0.05, 0.1) is 13.2 Å². The molecule has 0 aliphatic heterocycles. The molecule has 0 bridgehead atoms. The van der Waals surface area contributed by atoms with Crippen LogP contribution in [-0.4, -0.2) is 32.1 Å². The largest absolute Gasteiger partial charge is 0.486 e. The summed E-state index contributed by atoms with van der Waals surface area (Å²) in [5.41, 5.74) is 2.38. The number of hydrogen-bond donors (Lipinski definition) is 0. The van der Waals surface area contributed by atoms with E-state index in [2.05, 4.69) is 41.4 Å². The van der Waals surface area contributed by atoms with E-state index in [0.29, 0.717) is 24.1 Å². The Hall–Kier alpha value is -2.80. The molecule has 0 amide bonds. The van der Waals surface area contributed by atoms with Crippen molar-refractivity contribution in [2.24, 2.45) is 0 Å². The summed E-state index contributed by atoms with van der Waals surface area (Å²) in [7, 11) is 0. The van der Waals surface area contributed by atoms with Crippen LogP contribution in [0.5, 0.6) is 5.75 Å². The average Bonchev–Trinajstić information content (AvgIpc) is 3.14. The summed E-state index contributed by atoms with van der Waals surface area (Å²) in [6.45, 7) is 8.81. The summed E-state index contributed by atoms with van der Waals surface area (Å²) >= 11 is 1.35. The molecule has 0 N–H and O–H groups in total. The number of aromatic nitrogens is 3. The first-order chi connectivity index (χ1) is 14.9. The molecule has 0 spiro atoms. The van der Waals surface area contributed by atoms with Crippen molar-refractivity contribution in [3.05, 3.63) is 71.5 Å². The molecule has 0 saturated heterocycles. The van der Waals surface area contributed by atoms with Crippen molar-refractivity contribution in [2.45, 2.75) is 57.2 Å².